The van der Waals surface area contributed by atoms with Crippen LogP contribution >= 0.6 is 0 Å². The Kier molecular flexibility index (Phi) is 5.87. The van der Waals surface area contributed by atoms with Gasteiger partial charge in [0.1, 0.15) is 0 Å². The van der Waals surface area contributed by atoms with Crippen LogP contribution in [-0.4, -0.2) is 36.0 Å². The number of piperidine rings is 1. The summed E-state index contributed by atoms with van der Waals surface area (Å²) in [6.07, 6.45) is 2.91. The Morgan fingerprint density at radius 2 is 1.77 bits per heavy atom. The van der Waals surface area contributed by atoms with Crippen molar-refractivity contribution in [1.82, 2.24) is 14.4 Å². The first kappa shape index (κ1) is 20.6. The molecule has 0 atom stereocenters. The molecule has 1 saturated heterocycles. The van der Waals surface area contributed by atoms with Crippen LogP contribution in [-0.2, 0) is 16.6 Å². The zero-order chi connectivity index (χ0) is 21.1. The van der Waals surface area contributed by atoms with Gasteiger partial charge in [0, 0.05) is 24.3 Å². The Morgan fingerprint density at radius 3 is 2.50 bits per heavy atom. The predicted molar refractivity (Wildman–Crippen MR) is 116 cm³/mol. The average Bonchev–Trinajstić information content (AvgIpc) is 3.23. The van der Waals surface area contributed by atoms with Gasteiger partial charge < -0.3 is 9.84 Å². The second-order valence-corrected chi connectivity index (χ2v) is 9.58. The Morgan fingerprint density at radius 1 is 1.03 bits per heavy atom. The predicted octanol–water partition coefficient (Wildman–Crippen LogP) is 4.14. The minimum Gasteiger partial charge on any atom is -0.376 e. The van der Waals surface area contributed by atoms with Crippen LogP contribution < -0.4 is 5.32 Å². The first-order valence-electron chi connectivity index (χ1n) is 10.2. The SMILES string of the molecule is Cc1ccc(-c2noc(CNc3ccc(C)c(S(=O)(=O)N4CCCCC4)c3)n2)cc1. The fourth-order valence-electron chi connectivity index (χ4n) is 3.56. The van der Waals surface area contributed by atoms with Crippen LogP contribution in [0.5, 0.6) is 0 Å². The molecule has 0 unspecified atom stereocenters. The molecule has 8 heteroatoms. The number of aryl methyl sites for hydroxylation is 2. The van der Waals surface area contributed by atoms with Crippen molar-refractivity contribution in [2.24, 2.45) is 0 Å². The molecule has 1 fully saturated rings. The highest BCUT2D eigenvalue weighted by molar-refractivity contribution is 7.89. The van der Waals surface area contributed by atoms with Gasteiger partial charge in [0.2, 0.25) is 21.7 Å². The van der Waals surface area contributed by atoms with Gasteiger partial charge in [-0.1, -0.05) is 47.5 Å². The maximum absolute atomic E-state index is 13.1. The lowest BCUT2D eigenvalue weighted by atomic mass is 10.1. The van der Waals surface area contributed by atoms with Gasteiger partial charge in [-0.15, -0.1) is 0 Å². The smallest absolute Gasteiger partial charge is 0.246 e. The molecule has 3 aromatic rings. The fourth-order valence-corrected chi connectivity index (χ4v) is 5.32. The molecule has 0 radical (unpaired) electrons. The molecule has 0 spiro atoms. The number of aromatic nitrogens is 2. The van der Waals surface area contributed by atoms with Gasteiger partial charge in [-0.25, -0.2) is 8.42 Å². The molecule has 0 bridgehead atoms. The summed E-state index contributed by atoms with van der Waals surface area (Å²) < 4.78 is 33.1. The van der Waals surface area contributed by atoms with Crippen LogP contribution in [0.25, 0.3) is 11.4 Å². The molecule has 7 nitrogen and oxygen atoms in total. The molecule has 1 aromatic heterocycles. The minimum absolute atomic E-state index is 0.311. The molecule has 2 aromatic carbocycles. The molecule has 1 N–H and O–H groups in total. The van der Waals surface area contributed by atoms with Crippen molar-refractivity contribution in [3.05, 3.63) is 59.5 Å². The van der Waals surface area contributed by atoms with E-state index in [0.717, 1.165) is 30.4 Å². The van der Waals surface area contributed by atoms with E-state index in [1.807, 2.05) is 50.2 Å². The van der Waals surface area contributed by atoms with E-state index in [1.165, 1.54) is 5.56 Å². The Hall–Kier alpha value is -2.71. The van der Waals surface area contributed by atoms with Crippen LogP contribution in [0, 0.1) is 13.8 Å². The van der Waals surface area contributed by atoms with Gasteiger partial charge in [-0.05, 0) is 44.4 Å². The van der Waals surface area contributed by atoms with E-state index in [2.05, 4.69) is 15.5 Å². The molecule has 4 rings (SSSR count). The zero-order valence-electron chi connectivity index (χ0n) is 17.3. The summed E-state index contributed by atoms with van der Waals surface area (Å²) in [6, 6.07) is 13.3. The Bertz CT molecular complexity index is 1120. The lowest BCUT2D eigenvalue weighted by Gasteiger charge is -2.26. The Balaban J connectivity index is 1.48. The Labute approximate surface area is 177 Å². The number of hydrogen-bond donors (Lipinski definition) is 1. The van der Waals surface area contributed by atoms with E-state index in [-0.39, 0.29) is 0 Å². The number of hydrogen-bond acceptors (Lipinski definition) is 6. The standard InChI is InChI=1S/C22H26N4O3S/c1-16-6-9-18(10-7-16)22-24-21(29-25-22)15-23-19-11-8-17(2)20(14-19)30(27,28)26-12-4-3-5-13-26/h6-11,14,23H,3-5,12-13,15H2,1-2H3. The lowest BCUT2D eigenvalue weighted by molar-refractivity contribution is 0.346. The van der Waals surface area contributed by atoms with Crippen molar-refractivity contribution in [2.75, 3.05) is 18.4 Å². The van der Waals surface area contributed by atoms with Crippen LogP contribution in [0.1, 0.15) is 36.3 Å². The molecule has 2 heterocycles. The number of rotatable bonds is 6. The minimum atomic E-state index is -3.49. The van der Waals surface area contributed by atoms with Crippen molar-refractivity contribution < 1.29 is 12.9 Å². The second-order valence-electron chi connectivity index (χ2n) is 7.68. The summed E-state index contributed by atoms with van der Waals surface area (Å²) in [5.41, 5.74) is 3.50. The van der Waals surface area contributed by atoms with E-state index in [9.17, 15) is 8.42 Å². The molecular formula is C22H26N4O3S. The average molecular weight is 427 g/mol. The zero-order valence-corrected chi connectivity index (χ0v) is 18.1. The van der Waals surface area contributed by atoms with E-state index < -0.39 is 10.0 Å². The molecule has 0 aliphatic carbocycles. The number of benzene rings is 2. The molecule has 158 valence electrons. The molecule has 0 amide bonds. The van der Waals surface area contributed by atoms with Crippen molar-refractivity contribution >= 4 is 15.7 Å². The first-order chi connectivity index (χ1) is 14.4. The van der Waals surface area contributed by atoms with Crippen molar-refractivity contribution in [2.45, 2.75) is 44.6 Å². The quantitative estimate of drug-likeness (QED) is 0.637. The summed E-state index contributed by atoms with van der Waals surface area (Å²) >= 11 is 0. The number of nitrogens with one attached hydrogen (secondary N) is 1. The topological polar surface area (TPSA) is 88.3 Å². The van der Waals surface area contributed by atoms with Crippen LogP contribution in [0.2, 0.25) is 0 Å². The van der Waals surface area contributed by atoms with Crippen molar-refractivity contribution in [1.29, 1.82) is 0 Å². The maximum Gasteiger partial charge on any atom is 0.246 e. The summed E-state index contributed by atoms with van der Waals surface area (Å²) in [6.45, 7) is 5.33. The highest BCUT2D eigenvalue weighted by atomic mass is 32.2. The van der Waals surface area contributed by atoms with Crippen molar-refractivity contribution in [3.63, 3.8) is 0 Å². The first-order valence-corrected chi connectivity index (χ1v) is 11.6. The van der Waals surface area contributed by atoms with Crippen LogP contribution in [0.4, 0.5) is 5.69 Å². The van der Waals surface area contributed by atoms with Gasteiger partial charge in [-0.3, -0.25) is 0 Å². The summed E-state index contributed by atoms with van der Waals surface area (Å²) in [5.74, 6) is 0.968. The van der Waals surface area contributed by atoms with Crippen LogP contribution in [0.3, 0.4) is 0 Å². The van der Waals surface area contributed by atoms with E-state index in [0.29, 0.717) is 41.9 Å². The second kappa shape index (κ2) is 8.57. The fraction of sp³-hybridized carbons (Fsp3) is 0.364. The molecule has 30 heavy (non-hydrogen) atoms. The lowest BCUT2D eigenvalue weighted by Crippen LogP contribution is -2.36. The third-order valence-electron chi connectivity index (χ3n) is 5.34. The summed E-state index contributed by atoms with van der Waals surface area (Å²) in [4.78, 5) is 4.77. The molecular weight excluding hydrogens is 400 g/mol. The van der Waals surface area contributed by atoms with Crippen LogP contribution in [0.15, 0.2) is 51.9 Å². The highest BCUT2D eigenvalue weighted by Crippen LogP contribution is 2.26. The van der Waals surface area contributed by atoms with E-state index >= 15 is 0 Å². The largest absolute Gasteiger partial charge is 0.376 e. The molecule has 1 aliphatic rings. The van der Waals surface area contributed by atoms with Gasteiger partial charge in [0.05, 0.1) is 11.4 Å². The van der Waals surface area contributed by atoms with Gasteiger partial charge in [0.25, 0.3) is 0 Å². The van der Waals surface area contributed by atoms with E-state index in [4.69, 9.17) is 4.52 Å². The molecule has 0 saturated carbocycles. The monoisotopic (exact) mass is 426 g/mol. The van der Waals surface area contributed by atoms with Gasteiger partial charge in [-0.2, -0.15) is 9.29 Å². The maximum atomic E-state index is 13.1. The summed E-state index contributed by atoms with van der Waals surface area (Å²) in [5, 5.41) is 7.23. The van der Waals surface area contributed by atoms with Crippen molar-refractivity contribution in [3.8, 4) is 11.4 Å². The van der Waals surface area contributed by atoms with E-state index in [1.54, 1.807) is 10.4 Å². The third kappa shape index (κ3) is 4.39. The summed E-state index contributed by atoms with van der Waals surface area (Å²) in [7, 11) is -3.49. The number of anilines is 1. The number of nitrogens with zero attached hydrogens (tertiary/aromatic N) is 3. The van der Waals surface area contributed by atoms with Gasteiger partial charge >= 0.3 is 0 Å². The third-order valence-corrected chi connectivity index (χ3v) is 7.38. The van der Waals surface area contributed by atoms with Gasteiger partial charge in [0.15, 0.2) is 0 Å². The molecule has 1 aliphatic heterocycles. The normalized spacial score (nSPS) is 15.3. The number of sulfonamides is 1. The highest BCUT2D eigenvalue weighted by Gasteiger charge is 2.27.